The molecule has 3 rings (SSSR count). The van der Waals surface area contributed by atoms with Crippen molar-refractivity contribution in [3.8, 4) is 5.69 Å². The molecule has 108 valence electrons. The van der Waals surface area contributed by atoms with Crippen LogP contribution in [0.1, 0.15) is 30.0 Å². The number of furan rings is 1. The highest BCUT2D eigenvalue weighted by atomic mass is 16.3. The lowest BCUT2D eigenvalue weighted by Gasteiger charge is -2.11. The molecule has 4 heteroatoms. The van der Waals surface area contributed by atoms with Crippen molar-refractivity contribution in [2.45, 2.75) is 19.4 Å². The van der Waals surface area contributed by atoms with Gasteiger partial charge in [0.1, 0.15) is 11.5 Å². The normalized spacial score (nSPS) is 12.5. The Kier molecular flexibility index (Phi) is 3.88. The lowest BCUT2D eigenvalue weighted by atomic mass is 10.1. The third kappa shape index (κ3) is 2.76. The number of nitrogens with zero attached hydrogens (tertiary/aromatic N) is 2. The largest absolute Gasteiger partial charge is 0.464 e. The van der Waals surface area contributed by atoms with Crippen LogP contribution in [0.4, 0.5) is 0 Å². The Morgan fingerprint density at radius 3 is 2.67 bits per heavy atom. The van der Waals surface area contributed by atoms with Crippen LogP contribution in [0.15, 0.2) is 59.3 Å². The van der Waals surface area contributed by atoms with Gasteiger partial charge < -0.3 is 9.73 Å². The van der Waals surface area contributed by atoms with Gasteiger partial charge in [-0.3, -0.25) is 0 Å². The van der Waals surface area contributed by atoms with Gasteiger partial charge in [-0.1, -0.05) is 25.1 Å². The van der Waals surface area contributed by atoms with Crippen molar-refractivity contribution in [3.63, 3.8) is 0 Å². The summed E-state index contributed by atoms with van der Waals surface area (Å²) in [5, 5.41) is 7.73. The summed E-state index contributed by atoms with van der Waals surface area (Å²) in [7, 11) is 1.93. The van der Waals surface area contributed by atoms with Gasteiger partial charge in [-0.05, 0) is 31.3 Å². The van der Waals surface area contributed by atoms with E-state index in [4.69, 9.17) is 4.42 Å². The van der Waals surface area contributed by atoms with Crippen molar-refractivity contribution in [1.82, 2.24) is 15.1 Å². The van der Waals surface area contributed by atoms with Crippen LogP contribution < -0.4 is 5.32 Å². The molecule has 0 fully saturated rings. The SMILES string of the molecule is CCc1ccc(C(NC)c2cnn(-c3ccccc3)c2)o1. The number of aryl methyl sites for hydroxylation is 1. The lowest BCUT2D eigenvalue weighted by Crippen LogP contribution is -2.16. The first-order chi connectivity index (χ1) is 10.3. The van der Waals surface area contributed by atoms with Crippen LogP contribution in [-0.4, -0.2) is 16.8 Å². The molecule has 0 saturated carbocycles. The smallest absolute Gasteiger partial charge is 0.125 e. The number of hydrogen-bond acceptors (Lipinski definition) is 3. The molecule has 0 saturated heterocycles. The average molecular weight is 281 g/mol. The average Bonchev–Trinajstić information content (AvgIpc) is 3.19. The first-order valence-electron chi connectivity index (χ1n) is 7.17. The number of benzene rings is 1. The molecule has 1 N–H and O–H groups in total. The molecule has 0 aliphatic heterocycles. The summed E-state index contributed by atoms with van der Waals surface area (Å²) < 4.78 is 7.73. The van der Waals surface area contributed by atoms with Gasteiger partial charge in [0.15, 0.2) is 0 Å². The lowest BCUT2D eigenvalue weighted by molar-refractivity contribution is 0.434. The van der Waals surface area contributed by atoms with Crippen molar-refractivity contribution >= 4 is 0 Å². The molecule has 0 aliphatic carbocycles. The predicted molar refractivity (Wildman–Crippen MR) is 82.6 cm³/mol. The second-order valence-corrected chi connectivity index (χ2v) is 4.93. The Morgan fingerprint density at radius 2 is 2.00 bits per heavy atom. The van der Waals surface area contributed by atoms with Crippen LogP contribution >= 0.6 is 0 Å². The summed E-state index contributed by atoms with van der Waals surface area (Å²) in [6, 6.07) is 14.2. The first-order valence-corrected chi connectivity index (χ1v) is 7.17. The van der Waals surface area contributed by atoms with Gasteiger partial charge in [-0.25, -0.2) is 4.68 Å². The molecular weight excluding hydrogens is 262 g/mol. The Hall–Kier alpha value is -2.33. The molecule has 3 aromatic rings. The number of aromatic nitrogens is 2. The first kappa shape index (κ1) is 13.6. The quantitative estimate of drug-likeness (QED) is 0.780. The number of hydrogen-bond donors (Lipinski definition) is 1. The van der Waals surface area contributed by atoms with Crippen molar-refractivity contribution in [3.05, 3.63) is 71.9 Å². The third-order valence-electron chi connectivity index (χ3n) is 3.56. The Bertz CT molecular complexity index is 700. The number of nitrogens with one attached hydrogen (secondary N) is 1. The highest BCUT2D eigenvalue weighted by Gasteiger charge is 2.18. The molecular formula is C17H19N3O. The molecule has 1 aromatic carbocycles. The molecule has 0 spiro atoms. The van der Waals surface area contributed by atoms with Crippen LogP contribution in [0.5, 0.6) is 0 Å². The highest BCUT2D eigenvalue weighted by Crippen LogP contribution is 2.24. The zero-order valence-corrected chi connectivity index (χ0v) is 12.3. The van der Waals surface area contributed by atoms with E-state index in [0.29, 0.717) is 0 Å². The summed E-state index contributed by atoms with van der Waals surface area (Å²) in [6.45, 7) is 2.09. The maximum atomic E-state index is 5.86. The van der Waals surface area contributed by atoms with Gasteiger partial charge in [0, 0.05) is 18.2 Å². The minimum Gasteiger partial charge on any atom is -0.464 e. The summed E-state index contributed by atoms with van der Waals surface area (Å²) in [5.41, 5.74) is 2.13. The molecule has 1 atom stereocenters. The number of para-hydroxylation sites is 1. The van der Waals surface area contributed by atoms with Gasteiger partial charge in [0.2, 0.25) is 0 Å². The Labute approximate surface area is 124 Å². The van der Waals surface area contributed by atoms with Gasteiger partial charge >= 0.3 is 0 Å². The summed E-state index contributed by atoms with van der Waals surface area (Å²) in [4.78, 5) is 0. The van der Waals surface area contributed by atoms with Crippen LogP contribution in [-0.2, 0) is 6.42 Å². The van der Waals surface area contributed by atoms with E-state index in [1.165, 1.54) is 0 Å². The zero-order chi connectivity index (χ0) is 14.7. The fourth-order valence-electron chi connectivity index (χ4n) is 2.42. The molecule has 0 aliphatic rings. The van der Waals surface area contributed by atoms with Gasteiger partial charge in [-0.2, -0.15) is 5.10 Å². The maximum Gasteiger partial charge on any atom is 0.125 e. The van der Waals surface area contributed by atoms with E-state index in [9.17, 15) is 0 Å². The van der Waals surface area contributed by atoms with Crippen molar-refractivity contribution in [2.24, 2.45) is 0 Å². The molecule has 2 heterocycles. The van der Waals surface area contributed by atoms with Crippen LogP contribution in [0.25, 0.3) is 5.69 Å². The van der Waals surface area contributed by atoms with Gasteiger partial charge in [0.25, 0.3) is 0 Å². The highest BCUT2D eigenvalue weighted by molar-refractivity contribution is 5.32. The van der Waals surface area contributed by atoms with E-state index < -0.39 is 0 Å². The number of rotatable bonds is 5. The Balaban J connectivity index is 1.90. The molecule has 2 aromatic heterocycles. The molecule has 1 unspecified atom stereocenters. The zero-order valence-electron chi connectivity index (χ0n) is 12.3. The van der Waals surface area contributed by atoms with Gasteiger partial charge in [0.05, 0.1) is 17.9 Å². The van der Waals surface area contributed by atoms with Crippen molar-refractivity contribution < 1.29 is 4.42 Å². The molecule has 4 nitrogen and oxygen atoms in total. The molecule has 0 amide bonds. The molecule has 21 heavy (non-hydrogen) atoms. The van der Waals surface area contributed by atoms with Crippen LogP contribution in [0.2, 0.25) is 0 Å². The molecule has 0 bridgehead atoms. The monoisotopic (exact) mass is 281 g/mol. The van der Waals surface area contributed by atoms with Crippen LogP contribution in [0, 0.1) is 0 Å². The van der Waals surface area contributed by atoms with E-state index in [-0.39, 0.29) is 6.04 Å². The maximum absolute atomic E-state index is 5.86. The van der Waals surface area contributed by atoms with E-state index in [1.54, 1.807) is 0 Å². The second-order valence-electron chi connectivity index (χ2n) is 4.93. The fourth-order valence-corrected chi connectivity index (χ4v) is 2.42. The predicted octanol–water partition coefficient (Wildman–Crippen LogP) is 3.34. The van der Waals surface area contributed by atoms with E-state index in [0.717, 1.165) is 29.2 Å². The minimum atomic E-state index is 0.0164. The van der Waals surface area contributed by atoms with E-state index in [2.05, 4.69) is 17.3 Å². The summed E-state index contributed by atoms with van der Waals surface area (Å²) >= 11 is 0. The van der Waals surface area contributed by atoms with E-state index in [1.807, 2.05) is 66.6 Å². The summed E-state index contributed by atoms with van der Waals surface area (Å²) in [5.74, 6) is 1.92. The topological polar surface area (TPSA) is 43.0 Å². The van der Waals surface area contributed by atoms with Crippen molar-refractivity contribution in [2.75, 3.05) is 7.05 Å². The Morgan fingerprint density at radius 1 is 1.19 bits per heavy atom. The minimum absolute atomic E-state index is 0.0164. The third-order valence-corrected chi connectivity index (χ3v) is 3.56. The fraction of sp³-hybridized carbons (Fsp3) is 0.235. The summed E-state index contributed by atoms with van der Waals surface area (Å²) in [6.07, 6.45) is 4.81. The standard InChI is InChI=1S/C17H19N3O/c1-3-15-9-10-16(21-15)17(18-2)13-11-19-20(12-13)14-7-5-4-6-8-14/h4-12,17-18H,3H2,1-2H3. The van der Waals surface area contributed by atoms with E-state index >= 15 is 0 Å². The van der Waals surface area contributed by atoms with Gasteiger partial charge in [-0.15, -0.1) is 0 Å². The molecule has 0 radical (unpaired) electrons. The second kappa shape index (κ2) is 5.97. The van der Waals surface area contributed by atoms with Crippen molar-refractivity contribution in [1.29, 1.82) is 0 Å². The van der Waals surface area contributed by atoms with Crippen LogP contribution in [0.3, 0.4) is 0 Å².